The van der Waals surface area contributed by atoms with Crippen molar-refractivity contribution in [2.24, 2.45) is 5.92 Å². The molecule has 0 amide bonds. The van der Waals surface area contributed by atoms with Crippen molar-refractivity contribution in [1.29, 1.82) is 0 Å². The first-order chi connectivity index (χ1) is 10.8. The zero-order valence-electron chi connectivity index (χ0n) is 15.6. The van der Waals surface area contributed by atoms with Crippen molar-refractivity contribution in [3.63, 3.8) is 0 Å². The Bertz CT molecular complexity index is 220. The minimum atomic E-state index is 0.630. The lowest BCUT2D eigenvalue weighted by molar-refractivity contribution is -0.0555. The summed E-state index contributed by atoms with van der Waals surface area (Å²) in [6.45, 7) is 5.69. The molecule has 0 aromatic rings. The Morgan fingerprint density at radius 1 is 0.682 bits per heavy atom. The van der Waals surface area contributed by atoms with Crippen molar-refractivity contribution in [3.8, 4) is 0 Å². The van der Waals surface area contributed by atoms with Crippen LogP contribution >= 0.6 is 0 Å². The molecule has 132 valence electrons. The first-order valence-electron chi connectivity index (χ1n) is 10.4. The zero-order valence-corrected chi connectivity index (χ0v) is 15.6. The van der Waals surface area contributed by atoms with Gasteiger partial charge in [0.05, 0.1) is 6.10 Å². The molecule has 0 aromatic carbocycles. The van der Waals surface area contributed by atoms with E-state index in [9.17, 15) is 0 Å². The van der Waals surface area contributed by atoms with E-state index in [-0.39, 0.29) is 0 Å². The molecule has 1 unspecified atom stereocenters. The van der Waals surface area contributed by atoms with Crippen molar-refractivity contribution in [3.05, 3.63) is 0 Å². The van der Waals surface area contributed by atoms with Crippen LogP contribution in [0.3, 0.4) is 0 Å². The fourth-order valence-electron chi connectivity index (χ4n) is 3.38. The molecule has 0 bridgehead atoms. The van der Waals surface area contributed by atoms with Crippen LogP contribution in [0.25, 0.3) is 0 Å². The first-order valence-corrected chi connectivity index (χ1v) is 10.4. The van der Waals surface area contributed by atoms with Crippen LogP contribution in [0.15, 0.2) is 0 Å². The molecule has 0 aliphatic carbocycles. The SMILES string of the molecule is CC(C)CCCCCCCCCCCCCCCC1CCO1. The summed E-state index contributed by atoms with van der Waals surface area (Å²) in [5, 5.41) is 0. The van der Waals surface area contributed by atoms with Gasteiger partial charge in [0.15, 0.2) is 0 Å². The summed E-state index contributed by atoms with van der Waals surface area (Å²) in [5.41, 5.74) is 0. The Morgan fingerprint density at radius 2 is 1.09 bits per heavy atom. The van der Waals surface area contributed by atoms with E-state index in [1.807, 2.05) is 0 Å². The molecule has 1 heteroatoms. The zero-order chi connectivity index (χ0) is 15.9. The Balaban J connectivity index is 1.63. The quantitative estimate of drug-likeness (QED) is 0.272. The molecule has 1 rings (SSSR count). The van der Waals surface area contributed by atoms with Crippen LogP contribution in [-0.4, -0.2) is 12.7 Å². The largest absolute Gasteiger partial charge is 0.378 e. The molecule has 0 aromatic heterocycles. The fraction of sp³-hybridized carbons (Fsp3) is 1.00. The van der Waals surface area contributed by atoms with E-state index in [1.165, 1.54) is 103 Å². The maximum absolute atomic E-state index is 5.45. The van der Waals surface area contributed by atoms with Gasteiger partial charge in [-0.25, -0.2) is 0 Å². The molecule has 1 fully saturated rings. The first kappa shape index (κ1) is 20.0. The van der Waals surface area contributed by atoms with Crippen LogP contribution in [0, 0.1) is 5.92 Å². The van der Waals surface area contributed by atoms with Gasteiger partial charge in [0, 0.05) is 6.61 Å². The van der Waals surface area contributed by atoms with Crippen LogP contribution in [0.2, 0.25) is 0 Å². The number of hydrogen-bond donors (Lipinski definition) is 0. The summed E-state index contributed by atoms with van der Waals surface area (Å²) in [5.74, 6) is 0.895. The predicted octanol–water partition coefficient (Wildman–Crippen LogP) is 7.28. The molecule has 0 radical (unpaired) electrons. The molecule has 0 spiro atoms. The van der Waals surface area contributed by atoms with E-state index < -0.39 is 0 Å². The molecule has 1 heterocycles. The fourth-order valence-corrected chi connectivity index (χ4v) is 3.38. The highest BCUT2D eigenvalue weighted by Gasteiger charge is 2.16. The summed E-state index contributed by atoms with van der Waals surface area (Å²) in [4.78, 5) is 0. The Morgan fingerprint density at radius 3 is 1.45 bits per heavy atom. The number of rotatable bonds is 16. The Labute approximate surface area is 140 Å². The predicted molar refractivity (Wildman–Crippen MR) is 98.5 cm³/mol. The molecular formula is C21H42O. The number of unbranched alkanes of at least 4 members (excludes halogenated alkanes) is 12. The highest BCUT2D eigenvalue weighted by atomic mass is 16.5. The van der Waals surface area contributed by atoms with E-state index in [2.05, 4.69) is 13.8 Å². The summed E-state index contributed by atoms with van der Waals surface area (Å²) in [6.07, 6.45) is 23.6. The van der Waals surface area contributed by atoms with Gasteiger partial charge in [0.1, 0.15) is 0 Å². The average molecular weight is 311 g/mol. The molecule has 1 aliphatic heterocycles. The smallest absolute Gasteiger partial charge is 0.0597 e. The molecular weight excluding hydrogens is 268 g/mol. The van der Waals surface area contributed by atoms with Gasteiger partial charge in [-0.3, -0.25) is 0 Å². The molecule has 1 aliphatic rings. The summed E-state index contributed by atoms with van der Waals surface area (Å²) < 4.78 is 5.45. The van der Waals surface area contributed by atoms with Crippen LogP contribution < -0.4 is 0 Å². The molecule has 1 atom stereocenters. The molecule has 22 heavy (non-hydrogen) atoms. The summed E-state index contributed by atoms with van der Waals surface area (Å²) in [6, 6.07) is 0. The maximum atomic E-state index is 5.45. The molecule has 0 saturated carbocycles. The van der Waals surface area contributed by atoms with Crippen LogP contribution in [0.1, 0.15) is 117 Å². The Hall–Kier alpha value is -0.0400. The highest BCUT2D eigenvalue weighted by Crippen LogP contribution is 2.19. The standard InChI is InChI=1S/C21H42O/c1-20(2)16-14-12-10-8-6-4-3-5-7-9-11-13-15-17-21-18-19-22-21/h20-21H,3-19H2,1-2H3. The molecule has 0 N–H and O–H groups in total. The van der Waals surface area contributed by atoms with Gasteiger partial charge in [-0.1, -0.05) is 104 Å². The van der Waals surface area contributed by atoms with Crippen LogP contribution in [-0.2, 0) is 4.74 Å². The van der Waals surface area contributed by atoms with E-state index in [4.69, 9.17) is 4.74 Å². The van der Waals surface area contributed by atoms with Crippen molar-refractivity contribution >= 4 is 0 Å². The lowest BCUT2D eigenvalue weighted by Crippen LogP contribution is -2.26. The van der Waals surface area contributed by atoms with Gasteiger partial charge >= 0.3 is 0 Å². The third-order valence-corrected chi connectivity index (χ3v) is 5.10. The monoisotopic (exact) mass is 310 g/mol. The van der Waals surface area contributed by atoms with Crippen molar-refractivity contribution in [2.45, 2.75) is 123 Å². The second-order valence-electron chi connectivity index (χ2n) is 7.85. The third kappa shape index (κ3) is 12.5. The summed E-state index contributed by atoms with van der Waals surface area (Å²) in [7, 11) is 0. The molecule has 1 saturated heterocycles. The molecule has 1 nitrogen and oxygen atoms in total. The van der Waals surface area contributed by atoms with Crippen LogP contribution in [0.4, 0.5) is 0 Å². The highest BCUT2D eigenvalue weighted by molar-refractivity contribution is 4.65. The van der Waals surface area contributed by atoms with Gasteiger partial charge < -0.3 is 4.74 Å². The third-order valence-electron chi connectivity index (χ3n) is 5.10. The van der Waals surface area contributed by atoms with E-state index in [1.54, 1.807) is 0 Å². The number of hydrogen-bond acceptors (Lipinski definition) is 1. The van der Waals surface area contributed by atoms with Crippen molar-refractivity contribution in [1.82, 2.24) is 0 Å². The average Bonchev–Trinajstić information content (AvgIpc) is 2.44. The van der Waals surface area contributed by atoms with E-state index in [0.29, 0.717) is 6.10 Å². The second-order valence-corrected chi connectivity index (χ2v) is 7.85. The lowest BCUT2D eigenvalue weighted by Gasteiger charge is -2.26. The lowest BCUT2D eigenvalue weighted by atomic mass is 10.0. The minimum absolute atomic E-state index is 0.630. The Kier molecular flexibility index (Phi) is 13.2. The van der Waals surface area contributed by atoms with Gasteiger partial charge in [0.25, 0.3) is 0 Å². The normalized spacial score (nSPS) is 17.9. The number of ether oxygens (including phenoxy) is 1. The van der Waals surface area contributed by atoms with Crippen molar-refractivity contribution in [2.75, 3.05) is 6.61 Å². The van der Waals surface area contributed by atoms with Gasteiger partial charge in [-0.05, 0) is 18.8 Å². The second kappa shape index (κ2) is 14.5. The minimum Gasteiger partial charge on any atom is -0.378 e. The van der Waals surface area contributed by atoms with E-state index in [0.717, 1.165) is 12.5 Å². The van der Waals surface area contributed by atoms with E-state index >= 15 is 0 Å². The van der Waals surface area contributed by atoms with Gasteiger partial charge in [-0.2, -0.15) is 0 Å². The van der Waals surface area contributed by atoms with Crippen molar-refractivity contribution < 1.29 is 4.74 Å². The van der Waals surface area contributed by atoms with Gasteiger partial charge in [0.2, 0.25) is 0 Å². The topological polar surface area (TPSA) is 9.23 Å². The van der Waals surface area contributed by atoms with Crippen LogP contribution in [0.5, 0.6) is 0 Å². The summed E-state index contributed by atoms with van der Waals surface area (Å²) >= 11 is 0. The maximum Gasteiger partial charge on any atom is 0.0597 e. The van der Waals surface area contributed by atoms with Gasteiger partial charge in [-0.15, -0.1) is 0 Å².